The van der Waals surface area contributed by atoms with Crippen LogP contribution < -0.4 is 15.4 Å². The highest BCUT2D eigenvalue weighted by Crippen LogP contribution is 2.13. The van der Waals surface area contributed by atoms with E-state index in [0.29, 0.717) is 18.6 Å². The van der Waals surface area contributed by atoms with Crippen LogP contribution in [-0.4, -0.2) is 62.9 Å². The summed E-state index contributed by atoms with van der Waals surface area (Å²) in [6.45, 7) is 11.5. The first kappa shape index (κ1) is 23.0. The van der Waals surface area contributed by atoms with Gasteiger partial charge in [0.1, 0.15) is 5.75 Å². The number of nitrogens with one attached hydrogen (secondary N) is 2. The summed E-state index contributed by atoms with van der Waals surface area (Å²) in [5.41, 5.74) is 1.13. The number of nitrogens with zero attached hydrogens (tertiary/aromatic N) is 2. The van der Waals surface area contributed by atoms with Gasteiger partial charge in [-0.3, -0.25) is 4.90 Å². The molecule has 1 aromatic carbocycles. The minimum absolute atomic E-state index is 0. The van der Waals surface area contributed by atoms with Crippen LogP contribution in [0.4, 0.5) is 0 Å². The number of ether oxygens (including phenoxy) is 2. The summed E-state index contributed by atoms with van der Waals surface area (Å²) in [5.74, 6) is 1.71. The van der Waals surface area contributed by atoms with E-state index >= 15 is 0 Å². The molecular weight excluding hydrogens is 443 g/mol. The highest BCUT2D eigenvalue weighted by Gasteiger charge is 2.23. The van der Waals surface area contributed by atoms with E-state index < -0.39 is 0 Å². The van der Waals surface area contributed by atoms with Gasteiger partial charge in [-0.1, -0.05) is 12.1 Å². The van der Waals surface area contributed by atoms with Crippen LogP contribution in [0.5, 0.6) is 5.75 Å². The maximum Gasteiger partial charge on any atom is 0.191 e. The maximum absolute atomic E-state index is 5.52. The molecule has 0 spiro atoms. The summed E-state index contributed by atoms with van der Waals surface area (Å²) < 4.78 is 10.8. The Morgan fingerprint density at radius 2 is 2.23 bits per heavy atom. The van der Waals surface area contributed by atoms with E-state index in [0.717, 1.165) is 50.1 Å². The van der Waals surface area contributed by atoms with Gasteiger partial charge in [0.2, 0.25) is 0 Å². The number of benzene rings is 1. The second kappa shape index (κ2) is 12.3. The predicted octanol–water partition coefficient (Wildman–Crippen LogP) is 2.48. The van der Waals surface area contributed by atoms with Crippen LogP contribution in [-0.2, 0) is 11.3 Å². The van der Waals surface area contributed by atoms with Crippen LogP contribution >= 0.6 is 24.0 Å². The Balaban J connectivity index is 0.00000338. The second-order valence-corrected chi connectivity index (χ2v) is 6.44. The smallest absolute Gasteiger partial charge is 0.191 e. The average Bonchev–Trinajstić information content (AvgIpc) is 2.64. The Morgan fingerprint density at radius 3 is 2.92 bits per heavy atom. The summed E-state index contributed by atoms with van der Waals surface area (Å²) in [7, 11) is 1.68. The molecule has 1 heterocycles. The SMILES string of the molecule is CCNC(=NCc1cccc(OC)c1)NCC(C)N1CCOCC1C.I. The number of methoxy groups -OCH3 is 1. The first-order valence-electron chi connectivity index (χ1n) is 9.12. The number of hydrogen-bond donors (Lipinski definition) is 2. The number of halogens is 1. The zero-order valence-corrected chi connectivity index (χ0v) is 18.7. The van der Waals surface area contributed by atoms with E-state index in [4.69, 9.17) is 14.5 Å². The summed E-state index contributed by atoms with van der Waals surface area (Å²) in [6.07, 6.45) is 0. The molecule has 26 heavy (non-hydrogen) atoms. The summed E-state index contributed by atoms with van der Waals surface area (Å²) >= 11 is 0. The fourth-order valence-electron chi connectivity index (χ4n) is 3.04. The average molecular weight is 476 g/mol. The van der Waals surface area contributed by atoms with E-state index in [1.165, 1.54) is 0 Å². The lowest BCUT2D eigenvalue weighted by atomic mass is 10.2. The van der Waals surface area contributed by atoms with Gasteiger partial charge in [0, 0.05) is 31.7 Å². The van der Waals surface area contributed by atoms with E-state index in [-0.39, 0.29) is 24.0 Å². The van der Waals surface area contributed by atoms with Crippen LogP contribution in [0.15, 0.2) is 29.3 Å². The molecule has 2 N–H and O–H groups in total. The molecular formula is C19H33IN4O2. The number of guanidine groups is 1. The van der Waals surface area contributed by atoms with Crippen molar-refractivity contribution in [2.24, 2.45) is 4.99 Å². The van der Waals surface area contributed by atoms with Crippen LogP contribution in [0.25, 0.3) is 0 Å². The van der Waals surface area contributed by atoms with Gasteiger partial charge in [0.05, 0.1) is 26.9 Å². The fraction of sp³-hybridized carbons (Fsp3) is 0.632. The van der Waals surface area contributed by atoms with Gasteiger partial charge < -0.3 is 20.1 Å². The molecule has 1 aliphatic heterocycles. The van der Waals surface area contributed by atoms with Crippen LogP contribution in [0.2, 0.25) is 0 Å². The minimum atomic E-state index is 0. The molecule has 2 rings (SSSR count). The third kappa shape index (κ3) is 7.28. The van der Waals surface area contributed by atoms with E-state index in [1.807, 2.05) is 18.2 Å². The number of aliphatic imine (C=N–C) groups is 1. The molecule has 0 aromatic heterocycles. The van der Waals surface area contributed by atoms with Crippen LogP contribution in [0, 0.1) is 0 Å². The highest BCUT2D eigenvalue weighted by molar-refractivity contribution is 14.0. The van der Waals surface area contributed by atoms with Crippen molar-refractivity contribution in [2.45, 2.75) is 39.4 Å². The van der Waals surface area contributed by atoms with Gasteiger partial charge in [0.25, 0.3) is 0 Å². The van der Waals surface area contributed by atoms with Crippen molar-refractivity contribution in [2.75, 3.05) is 40.0 Å². The molecule has 2 atom stereocenters. The third-order valence-corrected chi connectivity index (χ3v) is 4.45. The molecule has 1 aromatic rings. The van der Waals surface area contributed by atoms with Gasteiger partial charge in [-0.2, -0.15) is 0 Å². The Hall–Kier alpha value is -1.06. The van der Waals surface area contributed by atoms with Crippen molar-refractivity contribution >= 4 is 29.9 Å². The molecule has 0 radical (unpaired) electrons. The summed E-state index contributed by atoms with van der Waals surface area (Å²) in [6, 6.07) is 8.91. The largest absolute Gasteiger partial charge is 0.497 e. The van der Waals surface area contributed by atoms with Gasteiger partial charge in [-0.05, 0) is 38.5 Å². The van der Waals surface area contributed by atoms with Gasteiger partial charge in [-0.15, -0.1) is 24.0 Å². The van der Waals surface area contributed by atoms with Gasteiger partial charge in [0.15, 0.2) is 5.96 Å². The molecule has 7 heteroatoms. The summed E-state index contributed by atoms with van der Waals surface area (Å²) in [5, 5.41) is 6.78. The Morgan fingerprint density at radius 1 is 1.42 bits per heavy atom. The standard InChI is InChI=1S/C19H32N4O2.HI/c1-5-20-19(22-13-17-7-6-8-18(11-17)24-4)21-12-15(2)23-9-10-25-14-16(23)3;/h6-8,11,15-16H,5,9-10,12-14H2,1-4H3,(H2,20,21,22);1H. The van der Waals surface area contributed by atoms with E-state index in [9.17, 15) is 0 Å². The molecule has 0 bridgehead atoms. The lowest BCUT2D eigenvalue weighted by Crippen LogP contribution is -2.53. The molecule has 1 aliphatic rings. The van der Waals surface area contributed by atoms with Crippen molar-refractivity contribution < 1.29 is 9.47 Å². The predicted molar refractivity (Wildman–Crippen MR) is 118 cm³/mol. The second-order valence-electron chi connectivity index (χ2n) is 6.44. The first-order valence-corrected chi connectivity index (χ1v) is 9.12. The normalized spacial score (nSPS) is 19.4. The van der Waals surface area contributed by atoms with Crippen LogP contribution in [0.3, 0.4) is 0 Å². The lowest BCUT2D eigenvalue weighted by molar-refractivity contribution is -0.0174. The van der Waals surface area contributed by atoms with Crippen molar-refractivity contribution in [1.82, 2.24) is 15.5 Å². The monoisotopic (exact) mass is 476 g/mol. The molecule has 1 saturated heterocycles. The molecule has 6 nitrogen and oxygen atoms in total. The number of morpholine rings is 1. The molecule has 0 aliphatic carbocycles. The van der Waals surface area contributed by atoms with Crippen LogP contribution in [0.1, 0.15) is 26.3 Å². The zero-order chi connectivity index (χ0) is 18.1. The Labute approximate surface area is 174 Å². The van der Waals surface area contributed by atoms with Gasteiger partial charge >= 0.3 is 0 Å². The topological polar surface area (TPSA) is 58.1 Å². The van der Waals surface area contributed by atoms with Crippen molar-refractivity contribution in [1.29, 1.82) is 0 Å². The first-order chi connectivity index (χ1) is 12.1. The number of rotatable bonds is 7. The summed E-state index contributed by atoms with van der Waals surface area (Å²) in [4.78, 5) is 7.18. The molecule has 2 unspecified atom stereocenters. The molecule has 0 saturated carbocycles. The molecule has 0 amide bonds. The van der Waals surface area contributed by atoms with Crippen molar-refractivity contribution in [3.8, 4) is 5.75 Å². The Kier molecular flexibility index (Phi) is 10.9. The molecule has 148 valence electrons. The van der Waals surface area contributed by atoms with E-state index in [1.54, 1.807) is 7.11 Å². The Bertz CT molecular complexity index is 556. The van der Waals surface area contributed by atoms with Crippen molar-refractivity contribution in [3.63, 3.8) is 0 Å². The zero-order valence-electron chi connectivity index (χ0n) is 16.3. The number of hydrogen-bond acceptors (Lipinski definition) is 4. The highest BCUT2D eigenvalue weighted by atomic mass is 127. The van der Waals surface area contributed by atoms with Gasteiger partial charge in [-0.25, -0.2) is 4.99 Å². The quantitative estimate of drug-likeness (QED) is 0.360. The third-order valence-electron chi connectivity index (χ3n) is 4.45. The van der Waals surface area contributed by atoms with E-state index in [2.05, 4.69) is 42.4 Å². The molecule has 1 fully saturated rings. The minimum Gasteiger partial charge on any atom is -0.497 e. The fourth-order valence-corrected chi connectivity index (χ4v) is 3.04. The lowest BCUT2D eigenvalue weighted by Gasteiger charge is -2.38. The van der Waals surface area contributed by atoms with Crippen molar-refractivity contribution in [3.05, 3.63) is 29.8 Å². The maximum atomic E-state index is 5.52.